The second kappa shape index (κ2) is 28.4. The van der Waals surface area contributed by atoms with E-state index >= 15 is 0 Å². The van der Waals surface area contributed by atoms with Crippen molar-refractivity contribution in [3.63, 3.8) is 0 Å². The smallest absolute Gasteiger partial charge is 0.220 e. The van der Waals surface area contributed by atoms with Crippen molar-refractivity contribution in [1.29, 1.82) is 0 Å². The summed E-state index contributed by atoms with van der Waals surface area (Å²) in [4.78, 5) is 12.2. The number of rotatable bonds is 27. The minimum Gasteiger partial charge on any atom is -0.394 e. The molecule has 0 bridgehead atoms. The van der Waals surface area contributed by atoms with Crippen LogP contribution in [-0.4, -0.2) is 34.9 Å². The third-order valence-corrected chi connectivity index (χ3v) is 6.93. The molecule has 0 saturated carbocycles. The van der Waals surface area contributed by atoms with Crippen molar-refractivity contribution >= 4 is 5.91 Å². The Labute approximate surface area is 224 Å². The van der Waals surface area contributed by atoms with Gasteiger partial charge in [-0.1, -0.05) is 109 Å². The molecule has 0 aromatic heterocycles. The molecule has 0 aliphatic heterocycles. The van der Waals surface area contributed by atoms with Crippen molar-refractivity contribution in [1.82, 2.24) is 5.32 Å². The fourth-order valence-electron chi connectivity index (χ4n) is 4.46. The first-order chi connectivity index (χ1) is 17.7. The predicted molar refractivity (Wildman–Crippen MR) is 156 cm³/mol. The van der Waals surface area contributed by atoms with Crippen LogP contribution in [0, 0.1) is 0 Å². The van der Waals surface area contributed by atoms with Crippen molar-refractivity contribution < 1.29 is 15.0 Å². The lowest BCUT2D eigenvalue weighted by molar-refractivity contribution is -0.123. The molecular formula is C32H61NO3. The average Bonchev–Trinajstić information content (AvgIpc) is 2.88. The number of nitrogens with one attached hydrogen (secondary N) is 1. The van der Waals surface area contributed by atoms with Gasteiger partial charge in [0.2, 0.25) is 5.91 Å². The van der Waals surface area contributed by atoms with Gasteiger partial charge in [0.05, 0.1) is 18.8 Å². The molecule has 0 saturated heterocycles. The molecule has 0 aliphatic rings. The highest BCUT2D eigenvalue weighted by atomic mass is 16.3. The number of aliphatic hydroxyl groups is 2. The summed E-state index contributed by atoms with van der Waals surface area (Å²) in [6.45, 7) is 4.28. The van der Waals surface area contributed by atoms with Gasteiger partial charge in [-0.15, -0.1) is 0 Å². The summed E-state index contributed by atoms with van der Waals surface area (Å²) in [6, 6.07) is -0.551. The van der Waals surface area contributed by atoms with Crippen LogP contribution in [0.1, 0.15) is 155 Å². The van der Waals surface area contributed by atoms with Gasteiger partial charge in [-0.05, 0) is 64.2 Å². The Morgan fingerprint density at radius 1 is 0.639 bits per heavy atom. The standard InChI is InChI=1S/C32H61NO3/c1-3-5-7-9-11-13-15-16-18-20-22-24-26-28-32(36)33-30(29-34)31(35)27-25-23-21-19-17-14-12-10-8-6-4-2/h13,15,17,19,30-31,34-35H,3-12,14,16,18,20-29H2,1-2H3,(H,33,36)/b15-13+,19-17+/t30-,31+/m0/s1. The molecule has 0 aromatic rings. The van der Waals surface area contributed by atoms with Crippen LogP contribution in [0.15, 0.2) is 24.3 Å². The van der Waals surface area contributed by atoms with Gasteiger partial charge in [0.25, 0.3) is 0 Å². The molecule has 0 radical (unpaired) electrons. The molecular weight excluding hydrogens is 446 g/mol. The third-order valence-electron chi connectivity index (χ3n) is 6.93. The summed E-state index contributed by atoms with van der Waals surface area (Å²) in [5.41, 5.74) is 0. The Bertz CT molecular complexity index is 518. The highest BCUT2D eigenvalue weighted by Crippen LogP contribution is 2.11. The molecule has 0 unspecified atom stereocenters. The van der Waals surface area contributed by atoms with Crippen LogP contribution in [0.5, 0.6) is 0 Å². The molecule has 0 spiro atoms. The molecule has 0 aromatic carbocycles. The van der Waals surface area contributed by atoms with Gasteiger partial charge in [-0.3, -0.25) is 4.79 Å². The van der Waals surface area contributed by atoms with Crippen LogP contribution in [0.25, 0.3) is 0 Å². The van der Waals surface area contributed by atoms with Crippen molar-refractivity contribution in [2.45, 2.75) is 167 Å². The van der Waals surface area contributed by atoms with E-state index in [-0.39, 0.29) is 12.5 Å². The molecule has 2 atom stereocenters. The summed E-state index contributed by atoms with van der Waals surface area (Å²) in [5.74, 6) is -0.0547. The van der Waals surface area contributed by atoms with Gasteiger partial charge in [-0.25, -0.2) is 0 Å². The highest BCUT2D eigenvalue weighted by molar-refractivity contribution is 5.76. The van der Waals surface area contributed by atoms with E-state index < -0.39 is 12.1 Å². The number of amides is 1. The van der Waals surface area contributed by atoms with Gasteiger partial charge in [0, 0.05) is 6.42 Å². The van der Waals surface area contributed by atoms with E-state index in [0.717, 1.165) is 38.5 Å². The van der Waals surface area contributed by atoms with E-state index in [2.05, 4.69) is 43.5 Å². The van der Waals surface area contributed by atoms with Gasteiger partial charge < -0.3 is 15.5 Å². The number of aliphatic hydroxyl groups excluding tert-OH is 2. The average molecular weight is 508 g/mol. The molecule has 0 rings (SSSR count). The summed E-state index contributed by atoms with van der Waals surface area (Å²) >= 11 is 0. The monoisotopic (exact) mass is 507 g/mol. The number of hydrogen-bond donors (Lipinski definition) is 3. The number of hydrogen-bond acceptors (Lipinski definition) is 3. The summed E-state index contributed by atoms with van der Waals surface area (Å²) in [7, 11) is 0. The van der Waals surface area contributed by atoms with E-state index in [1.165, 1.54) is 89.9 Å². The Balaban J connectivity index is 3.67. The van der Waals surface area contributed by atoms with Gasteiger partial charge >= 0.3 is 0 Å². The van der Waals surface area contributed by atoms with Gasteiger partial charge in [0.15, 0.2) is 0 Å². The number of allylic oxidation sites excluding steroid dienone is 4. The van der Waals surface area contributed by atoms with Crippen LogP contribution in [0.4, 0.5) is 0 Å². The number of carbonyl (C=O) groups excluding carboxylic acids is 1. The predicted octanol–water partition coefficient (Wildman–Crippen LogP) is 8.56. The molecule has 0 aliphatic carbocycles. The lowest BCUT2D eigenvalue weighted by atomic mass is 10.0. The first-order valence-electron chi connectivity index (χ1n) is 15.5. The molecule has 4 heteroatoms. The van der Waals surface area contributed by atoms with Crippen LogP contribution in [0.3, 0.4) is 0 Å². The fraction of sp³-hybridized carbons (Fsp3) is 0.844. The summed E-state index contributed by atoms with van der Waals surface area (Å²) in [6.07, 6.45) is 33.6. The maximum atomic E-state index is 12.2. The Morgan fingerprint density at radius 2 is 1.06 bits per heavy atom. The van der Waals surface area contributed by atoms with E-state index in [1.807, 2.05) is 0 Å². The maximum Gasteiger partial charge on any atom is 0.220 e. The second-order valence-electron chi connectivity index (χ2n) is 10.5. The first kappa shape index (κ1) is 34.9. The molecule has 36 heavy (non-hydrogen) atoms. The van der Waals surface area contributed by atoms with E-state index in [1.54, 1.807) is 0 Å². The SMILES string of the molecule is CCCCCC/C=C/CCCCCCCC(=O)N[C@@H](CO)[C@H](O)CCCC/C=C/CCCCCCC. The van der Waals surface area contributed by atoms with Crippen LogP contribution in [0.2, 0.25) is 0 Å². The highest BCUT2D eigenvalue weighted by Gasteiger charge is 2.19. The minimum absolute atomic E-state index is 0.0547. The molecule has 0 fully saturated rings. The van der Waals surface area contributed by atoms with Crippen LogP contribution < -0.4 is 5.32 Å². The van der Waals surface area contributed by atoms with E-state index in [0.29, 0.717) is 12.8 Å². The minimum atomic E-state index is -0.679. The summed E-state index contributed by atoms with van der Waals surface area (Å²) in [5, 5.41) is 22.8. The van der Waals surface area contributed by atoms with Crippen molar-refractivity contribution in [2.75, 3.05) is 6.61 Å². The Kier molecular flexibility index (Phi) is 27.5. The maximum absolute atomic E-state index is 12.2. The van der Waals surface area contributed by atoms with Crippen molar-refractivity contribution in [3.8, 4) is 0 Å². The van der Waals surface area contributed by atoms with Crippen molar-refractivity contribution in [3.05, 3.63) is 24.3 Å². The molecule has 212 valence electrons. The zero-order valence-corrected chi connectivity index (χ0v) is 24.0. The van der Waals surface area contributed by atoms with E-state index in [4.69, 9.17) is 0 Å². The molecule has 1 amide bonds. The second-order valence-corrected chi connectivity index (χ2v) is 10.5. The third kappa shape index (κ3) is 24.6. The first-order valence-corrected chi connectivity index (χ1v) is 15.5. The number of unbranched alkanes of at least 4 members (excludes halogenated alkanes) is 16. The van der Waals surface area contributed by atoms with Gasteiger partial charge in [0.1, 0.15) is 0 Å². The topological polar surface area (TPSA) is 69.6 Å². The van der Waals surface area contributed by atoms with Crippen molar-refractivity contribution in [2.24, 2.45) is 0 Å². The van der Waals surface area contributed by atoms with Crippen LogP contribution >= 0.6 is 0 Å². The molecule has 0 heterocycles. The normalized spacial score (nSPS) is 13.6. The largest absolute Gasteiger partial charge is 0.394 e. The zero-order chi connectivity index (χ0) is 26.5. The summed E-state index contributed by atoms with van der Waals surface area (Å²) < 4.78 is 0. The van der Waals surface area contributed by atoms with Gasteiger partial charge in [-0.2, -0.15) is 0 Å². The number of carbonyl (C=O) groups is 1. The Hall–Kier alpha value is -1.13. The lowest BCUT2D eigenvalue weighted by Gasteiger charge is -2.22. The molecule has 4 nitrogen and oxygen atoms in total. The fourth-order valence-corrected chi connectivity index (χ4v) is 4.46. The quantitative estimate of drug-likeness (QED) is 0.0770. The zero-order valence-electron chi connectivity index (χ0n) is 24.0. The van der Waals surface area contributed by atoms with Crippen LogP contribution in [-0.2, 0) is 4.79 Å². The molecule has 3 N–H and O–H groups in total. The Morgan fingerprint density at radius 3 is 1.56 bits per heavy atom. The van der Waals surface area contributed by atoms with E-state index in [9.17, 15) is 15.0 Å². The lowest BCUT2D eigenvalue weighted by Crippen LogP contribution is -2.45.